The Morgan fingerprint density at radius 3 is 2.59 bits per heavy atom. The fraction of sp³-hybridized carbons (Fsp3) is 0.769. The van der Waals surface area contributed by atoms with Crippen LogP contribution in [0, 0.1) is 6.92 Å². The van der Waals surface area contributed by atoms with E-state index < -0.39 is 0 Å². The zero-order chi connectivity index (χ0) is 13.9. The summed E-state index contributed by atoms with van der Waals surface area (Å²) in [6, 6.07) is 0.0418. The lowest BCUT2D eigenvalue weighted by Crippen LogP contribution is -2.52. The Kier molecular flexibility index (Phi) is 7.55. The van der Waals surface area contributed by atoms with Gasteiger partial charge in [0.1, 0.15) is 0 Å². The van der Waals surface area contributed by atoms with Gasteiger partial charge in [0.15, 0.2) is 5.82 Å². The zero-order valence-corrected chi connectivity index (χ0v) is 14.3. The van der Waals surface area contributed by atoms with E-state index in [0.717, 1.165) is 45.6 Å². The minimum Gasteiger partial charge on any atom is -0.339 e. The molecule has 22 heavy (non-hydrogen) atoms. The van der Waals surface area contributed by atoms with Crippen molar-refractivity contribution in [1.82, 2.24) is 25.3 Å². The average Bonchev–Trinajstić information content (AvgIpc) is 3.11. The largest absolute Gasteiger partial charge is 0.339 e. The van der Waals surface area contributed by atoms with Gasteiger partial charge in [-0.3, -0.25) is 9.69 Å². The van der Waals surface area contributed by atoms with Gasteiger partial charge < -0.3 is 14.7 Å². The van der Waals surface area contributed by atoms with Crippen molar-refractivity contribution in [3.8, 4) is 0 Å². The molecule has 2 aliphatic heterocycles. The van der Waals surface area contributed by atoms with Crippen LogP contribution in [0.25, 0.3) is 0 Å². The summed E-state index contributed by atoms with van der Waals surface area (Å²) in [6.07, 6.45) is 2.08. The van der Waals surface area contributed by atoms with Gasteiger partial charge in [0.05, 0.1) is 12.6 Å². The second kappa shape index (κ2) is 8.67. The molecule has 3 heterocycles. The summed E-state index contributed by atoms with van der Waals surface area (Å²) in [5.41, 5.74) is 0. The van der Waals surface area contributed by atoms with Crippen LogP contribution in [-0.4, -0.2) is 64.6 Å². The standard InChI is InChI=1S/C13H21N5O2.2ClH/c1-10-15-12(20-16-10)9-17-5-7-18(8-6-17)13(19)11-3-2-4-14-11;;/h11,14H,2-9H2,1H3;2*1H. The van der Waals surface area contributed by atoms with Gasteiger partial charge in [-0.1, -0.05) is 5.16 Å². The van der Waals surface area contributed by atoms with Crippen molar-refractivity contribution >= 4 is 30.7 Å². The first-order chi connectivity index (χ1) is 9.72. The van der Waals surface area contributed by atoms with Crippen molar-refractivity contribution in [1.29, 1.82) is 0 Å². The lowest BCUT2D eigenvalue weighted by molar-refractivity contribution is -0.134. The zero-order valence-electron chi connectivity index (χ0n) is 12.7. The second-order valence-corrected chi connectivity index (χ2v) is 5.49. The van der Waals surface area contributed by atoms with E-state index in [1.165, 1.54) is 0 Å². The maximum atomic E-state index is 12.3. The molecule has 0 aromatic carbocycles. The van der Waals surface area contributed by atoms with Crippen molar-refractivity contribution in [2.24, 2.45) is 0 Å². The van der Waals surface area contributed by atoms with E-state index in [1.807, 2.05) is 11.8 Å². The highest BCUT2D eigenvalue weighted by Crippen LogP contribution is 2.12. The fourth-order valence-electron chi connectivity index (χ4n) is 2.84. The van der Waals surface area contributed by atoms with Gasteiger partial charge in [-0.05, 0) is 26.3 Å². The molecule has 0 saturated carbocycles. The summed E-state index contributed by atoms with van der Waals surface area (Å²) in [5.74, 6) is 1.58. The van der Waals surface area contributed by atoms with Crippen molar-refractivity contribution in [3.63, 3.8) is 0 Å². The van der Waals surface area contributed by atoms with Crippen LogP contribution < -0.4 is 5.32 Å². The van der Waals surface area contributed by atoms with Gasteiger partial charge in [-0.25, -0.2) is 0 Å². The number of aromatic nitrogens is 2. The number of amides is 1. The van der Waals surface area contributed by atoms with E-state index in [0.29, 0.717) is 18.3 Å². The van der Waals surface area contributed by atoms with Crippen LogP contribution >= 0.6 is 24.8 Å². The molecule has 2 fully saturated rings. The van der Waals surface area contributed by atoms with Gasteiger partial charge >= 0.3 is 0 Å². The molecular formula is C13H23Cl2N5O2. The normalized spacial score (nSPS) is 22.0. The third kappa shape index (κ3) is 4.55. The molecule has 0 bridgehead atoms. The van der Waals surface area contributed by atoms with Crippen molar-refractivity contribution in [2.75, 3.05) is 32.7 Å². The summed E-state index contributed by atoms with van der Waals surface area (Å²) in [6.45, 7) is 6.74. The number of rotatable bonds is 3. The summed E-state index contributed by atoms with van der Waals surface area (Å²) in [7, 11) is 0. The van der Waals surface area contributed by atoms with Gasteiger partial charge in [0.2, 0.25) is 11.8 Å². The molecule has 1 amide bonds. The van der Waals surface area contributed by atoms with Crippen molar-refractivity contribution in [3.05, 3.63) is 11.7 Å². The topological polar surface area (TPSA) is 74.5 Å². The Hall–Kier alpha value is -0.890. The van der Waals surface area contributed by atoms with Gasteiger partial charge in [-0.15, -0.1) is 24.8 Å². The van der Waals surface area contributed by atoms with E-state index in [-0.39, 0.29) is 36.8 Å². The number of hydrogen-bond donors (Lipinski definition) is 1. The highest BCUT2D eigenvalue weighted by molar-refractivity contribution is 5.85. The van der Waals surface area contributed by atoms with E-state index >= 15 is 0 Å². The summed E-state index contributed by atoms with van der Waals surface area (Å²) in [5, 5.41) is 7.06. The Bertz CT molecular complexity index is 471. The molecule has 1 aromatic rings. The highest BCUT2D eigenvalue weighted by Gasteiger charge is 2.29. The van der Waals surface area contributed by atoms with Gasteiger partial charge in [0.25, 0.3) is 0 Å². The van der Waals surface area contributed by atoms with Crippen LogP contribution in [0.4, 0.5) is 0 Å². The molecule has 2 saturated heterocycles. The number of hydrogen-bond acceptors (Lipinski definition) is 6. The Labute approximate surface area is 142 Å². The molecule has 1 atom stereocenters. The Balaban J connectivity index is 0.00000121. The molecule has 9 heteroatoms. The SMILES string of the molecule is Cc1noc(CN2CCN(C(=O)C3CCCN3)CC2)n1.Cl.Cl. The maximum absolute atomic E-state index is 12.3. The molecule has 1 unspecified atom stereocenters. The number of aryl methyl sites for hydroxylation is 1. The molecule has 3 rings (SSSR count). The first-order valence-electron chi connectivity index (χ1n) is 7.26. The molecule has 0 radical (unpaired) electrons. The number of piperazine rings is 1. The van der Waals surface area contributed by atoms with Crippen LogP contribution in [0.3, 0.4) is 0 Å². The van der Waals surface area contributed by atoms with Crippen LogP contribution in [0.15, 0.2) is 4.52 Å². The molecule has 7 nitrogen and oxygen atoms in total. The van der Waals surface area contributed by atoms with Gasteiger partial charge in [-0.2, -0.15) is 4.98 Å². The lowest BCUT2D eigenvalue weighted by Gasteiger charge is -2.35. The smallest absolute Gasteiger partial charge is 0.240 e. The molecule has 0 spiro atoms. The summed E-state index contributed by atoms with van der Waals surface area (Å²) in [4.78, 5) is 20.7. The number of nitrogens with zero attached hydrogens (tertiary/aromatic N) is 4. The monoisotopic (exact) mass is 351 g/mol. The van der Waals surface area contributed by atoms with Gasteiger partial charge in [0, 0.05) is 26.2 Å². The third-order valence-corrected chi connectivity index (χ3v) is 3.97. The molecule has 1 aromatic heterocycles. The number of halogens is 2. The fourth-order valence-corrected chi connectivity index (χ4v) is 2.84. The molecule has 0 aliphatic carbocycles. The minimum atomic E-state index is 0. The third-order valence-electron chi connectivity index (χ3n) is 3.97. The van der Waals surface area contributed by atoms with E-state index in [2.05, 4.69) is 20.4 Å². The van der Waals surface area contributed by atoms with E-state index in [9.17, 15) is 4.79 Å². The Morgan fingerprint density at radius 2 is 2.05 bits per heavy atom. The Morgan fingerprint density at radius 1 is 1.32 bits per heavy atom. The number of carbonyl (C=O) groups excluding carboxylic acids is 1. The van der Waals surface area contributed by atoms with Crippen LogP contribution in [0.5, 0.6) is 0 Å². The maximum Gasteiger partial charge on any atom is 0.240 e. The quantitative estimate of drug-likeness (QED) is 0.860. The molecule has 126 valence electrons. The average molecular weight is 352 g/mol. The van der Waals surface area contributed by atoms with Crippen molar-refractivity contribution < 1.29 is 9.32 Å². The van der Waals surface area contributed by atoms with E-state index in [1.54, 1.807) is 0 Å². The second-order valence-electron chi connectivity index (χ2n) is 5.49. The number of carbonyl (C=O) groups is 1. The first kappa shape index (κ1) is 19.2. The predicted molar refractivity (Wildman–Crippen MR) is 86.4 cm³/mol. The minimum absolute atomic E-state index is 0. The van der Waals surface area contributed by atoms with Crippen LogP contribution in [0.2, 0.25) is 0 Å². The predicted octanol–water partition coefficient (Wildman–Crippen LogP) is 0.618. The summed E-state index contributed by atoms with van der Waals surface area (Å²) < 4.78 is 5.13. The molecule has 1 N–H and O–H groups in total. The number of nitrogens with one attached hydrogen (secondary N) is 1. The molecule has 2 aliphatic rings. The van der Waals surface area contributed by atoms with Crippen LogP contribution in [-0.2, 0) is 11.3 Å². The molecular weight excluding hydrogens is 329 g/mol. The lowest BCUT2D eigenvalue weighted by atomic mass is 10.2. The van der Waals surface area contributed by atoms with Crippen molar-refractivity contribution in [2.45, 2.75) is 32.4 Å². The van der Waals surface area contributed by atoms with E-state index in [4.69, 9.17) is 4.52 Å². The van der Waals surface area contributed by atoms with Crippen LogP contribution in [0.1, 0.15) is 24.6 Å². The first-order valence-corrected chi connectivity index (χ1v) is 7.26. The highest BCUT2D eigenvalue weighted by atomic mass is 35.5. The summed E-state index contributed by atoms with van der Waals surface area (Å²) >= 11 is 0.